The Hall–Kier alpha value is -2.51. The van der Waals surface area contributed by atoms with E-state index in [0.29, 0.717) is 27.8 Å². The number of halogens is 3. The van der Waals surface area contributed by atoms with Crippen LogP contribution in [0.4, 0.5) is 0 Å². The first kappa shape index (κ1) is 27.1. The molecule has 0 heterocycles. The molecule has 0 atom stereocenters. The molecule has 0 amide bonds. The summed E-state index contributed by atoms with van der Waals surface area (Å²) in [5.74, 6) is 2.52. The lowest BCUT2D eigenvalue weighted by molar-refractivity contribution is 0.130. The second-order valence-corrected chi connectivity index (χ2v) is 9.46. The van der Waals surface area contributed by atoms with Gasteiger partial charge in [0.15, 0.2) is 0 Å². The molecule has 35 heavy (non-hydrogen) atoms. The van der Waals surface area contributed by atoms with Crippen molar-refractivity contribution < 1.29 is 19.0 Å². The van der Waals surface area contributed by atoms with E-state index >= 15 is 0 Å². The molecule has 5 nitrogen and oxygen atoms in total. The predicted molar refractivity (Wildman–Crippen MR) is 145 cm³/mol. The molecule has 184 valence electrons. The second kappa shape index (κ2) is 13.5. The zero-order valence-electron chi connectivity index (χ0n) is 19.4. The van der Waals surface area contributed by atoms with Crippen molar-refractivity contribution in [2.24, 2.45) is 5.16 Å². The maximum atomic E-state index is 6.36. The Labute approximate surface area is 224 Å². The summed E-state index contributed by atoms with van der Waals surface area (Å²) in [6.45, 7) is 2.28. The molecular formula is C26H24Cl3NO4S. The first-order chi connectivity index (χ1) is 16.9. The fourth-order valence-corrected chi connectivity index (χ4v) is 3.84. The van der Waals surface area contributed by atoms with Gasteiger partial charge in [0.05, 0.1) is 17.8 Å². The summed E-state index contributed by atoms with van der Waals surface area (Å²) in [6, 6.07) is 19.0. The van der Waals surface area contributed by atoms with Crippen LogP contribution in [-0.2, 0) is 11.4 Å². The molecule has 0 fully saturated rings. The van der Waals surface area contributed by atoms with Gasteiger partial charge in [0.1, 0.15) is 40.7 Å². The number of rotatable bonds is 11. The largest absolute Gasteiger partial charge is 0.494 e. The van der Waals surface area contributed by atoms with E-state index in [9.17, 15) is 0 Å². The van der Waals surface area contributed by atoms with Crippen molar-refractivity contribution in [2.45, 2.75) is 18.4 Å². The van der Waals surface area contributed by atoms with Gasteiger partial charge in [-0.2, -0.15) is 0 Å². The molecule has 0 N–H and O–H groups in total. The molecule has 0 aliphatic carbocycles. The number of oxime groups is 1. The lowest BCUT2D eigenvalue weighted by Crippen LogP contribution is -2.03. The van der Waals surface area contributed by atoms with Gasteiger partial charge in [0, 0.05) is 16.5 Å². The highest BCUT2D eigenvalue weighted by molar-refractivity contribution is 7.98. The molecule has 9 heteroatoms. The van der Waals surface area contributed by atoms with Crippen molar-refractivity contribution in [1.82, 2.24) is 0 Å². The van der Waals surface area contributed by atoms with Gasteiger partial charge in [-0.1, -0.05) is 52.1 Å². The Kier molecular flexibility index (Phi) is 10.5. The second-order valence-electron chi connectivity index (χ2n) is 7.16. The highest BCUT2D eigenvalue weighted by Gasteiger charge is 2.14. The van der Waals surface area contributed by atoms with Crippen LogP contribution in [-0.4, -0.2) is 25.7 Å². The van der Waals surface area contributed by atoms with Gasteiger partial charge in [-0.25, -0.2) is 0 Å². The third-order valence-electron chi connectivity index (χ3n) is 4.75. The number of ether oxygens (including phenoxy) is 3. The van der Waals surface area contributed by atoms with Crippen molar-refractivity contribution in [2.75, 3.05) is 20.0 Å². The van der Waals surface area contributed by atoms with Crippen LogP contribution in [0, 0.1) is 0 Å². The molecule has 0 aromatic heterocycles. The molecule has 0 aliphatic rings. The van der Waals surface area contributed by atoms with Crippen molar-refractivity contribution in [3.63, 3.8) is 0 Å². The summed E-state index contributed by atoms with van der Waals surface area (Å²) in [4.78, 5) is 6.76. The Morgan fingerprint density at radius 3 is 2.23 bits per heavy atom. The summed E-state index contributed by atoms with van der Waals surface area (Å²) in [5.41, 5.74) is 2.17. The van der Waals surface area contributed by atoms with Crippen molar-refractivity contribution in [3.05, 3.63) is 87.4 Å². The Morgan fingerprint density at radius 2 is 1.63 bits per heavy atom. The van der Waals surface area contributed by atoms with E-state index < -0.39 is 0 Å². The van der Waals surface area contributed by atoms with Crippen LogP contribution >= 0.6 is 46.6 Å². The van der Waals surface area contributed by atoms with Gasteiger partial charge in [-0.05, 0) is 67.3 Å². The fourth-order valence-electron chi connectivity index (χ4n) is 3.02. The first-order valence-electron chi connectivity index (χ1n) is 10.5. The van der Waals surface area contributed by atoms with Crippen LogP contribution in [0.1, 0.15) is 18.1 Å². The van der Waals surface area contributed by atoms with E-state index in [4.69, 9.17) is 53.9 Å². The molecule has 0 saturated carbocycles. The minimum absolute atomic E-state index is 0.125. The highest BCUT2D eigenvalue weighted by Crippen LogP contribution is 2.34. The molecule has 0 aliphatic heterocycles. The van der Waals surface area contributed by atoms with E-state index in [1.54, 1.807) is 30.8 Å². The molecule has 0 spiro atoms. The summed E-state index contributed by atoms with van der Waals surface area (Å²) in [7, 11) is 1.54. The van der Waals surface area contributed by atoms with Gasteiger partial charge in [0.2, 0.25) is 0 Å². The van der Waals surface area contributed by atoms with Crippen molar-refractivity contribution >= 4 is 52.3 Å². The van der Waals surface area contributed by atoms with Crippen LogP contribution in [0.25, 0.3) is 0 Å². The van der Waals surface area contributed by atoms with Gasteiger partial charge < -0.3 is 19.0 Å². The van der Waals surface area contributed by atoms with Gasteiger partial charge >= 0.3 is 0 Å². The number of benzene rings is 3. The molecule has 0 saturated heterocycles. The van der Waals surface area contributed by atoms with E-state index in [0.717, 1.165) is 17.1 Å². The Bertz CT molecular complexity index is 1180. The topological polar surface area (TPSA) is 49.3 Å². The molecular weight excluding hydrogens is 529 g/mol. The predicted octanol–water partition coefficient (Wildman–Crippen LogP) is 8.50. The zero-order chi connectivity index (χ0) is 25.2. The molecule has 0 radical (unpaired) electrons. The van der Waals surface area contributed by atoms with Crippen molar-refractivity contribution in [1.29, 1.82) is 0 Å². The molecule has 3 rings (SSSR count). The summed E-state index contributed by atoms with van der Waals surface area (Å²) in [5, 5.41) is 4.61. The lowest BCUT2D eigenvalue weighted by atomic mass is 10.1. The number of hydrogen-bond acceptors (Lipinski definition) is 6. The summed E-state index contributed by atoms with van der Waals surface area (Å²) < 4.78 is 17.1. The van der Waals surface area contributed by atoms with Crippen LogP contribution in [0.3, 0.4) is 0 Å². The van der Waals surface area contributed by atoms with Crippen LogP contribution in [0.2, 0.25) is 5.02 Å². The number of thioether (sulfide) groups is 1. The van der Waals surface area contributed by atoms with Crippen molar-refractivity contribution in [3.8, 4) is 23.0 Å². The number of methoxy groups -OCH3 is 1. The Morgan fingerprint density at radius 1 is 0.971 bits per heavy atom. The SMILES string of the molecule is COc1c(Cl)cc(OCC=C(Cl)Cl)cc1C(C)=NOCc1ccc(Oc2ccc(SC)cc2)cc1. The van der Waals surface area contributed by atoms with Gasteiger partial charge in [-0.3, -0.25) is 0 Å². The monoisotopic (exact) mass is 551 g/mol. The van der Waals surface area contributed by atoms with E-state index in [2.05, 4.69) is 5.16 Å². The molecule has 3 aromatic rings. The van der Waals surface area contributed by atoms with Crippen LogP contribution in [0.15, 0.2) is 81.3 Å². The van der Waals surface area contributed by atoms with Gasteiger partial charge in [0.25, 0.3) is 0 Å². The number of nitrogens with zero attached hydrogens (tertiary/aromatic N) is 1. The molecule has 0 bridgehead atoms. The normalized spacial score (nSPS) is 11.1. The Balaban J connectivity index is 1.63. The maximum Gasteiger partial charge on any atom is 0.146 e. The van der Waals surface area contributed by atoms with E-state index in [1.165, 1.54) is 18.1 Å². The van der Waals surface area contributed by atoms with Crippen LogP contribution < -0.4 is 14.2 Å². The third kappa shape index (κ3) is 8.29. The van der Waals surface area contributed by atoms with Crippen LogP contribution in [0.5, 0.6) is 23.0 Å². The molecule has 0 unspecified atom stereocenters. The zero-order valence-corrected chi connectivity index (χ0v) is 22.5. The van der Waals surface area contributed by atoms with E-state index in [1.807, 2.05) is 54.8 Å². The average Bonchev–Trinajstić information content (AvgIpc) is 2.85. The standard InChI is InChI=1S/C26H24Cl3NO4S/c1-17(23-14-21(32-13-12-25(28)29)15-24(27)26(23)31-2)30-33-16-18-4-6-19(7-5-18)34-20-8-10-22(35-3)11-9-20/h4-12,14-15H,13,16H2,1-3H3. The van der Waals surface area contributed by atoms with Gasteiger partial charge in [-0.15, -0.1) is 11.8 Å². The summed E-state index contributed by atoms with van der Waals surface area (Å²) in [6.07, 6.45) is 3.57. The third-order valence-corrected chi connectivity index (χ3v) is 6.08. The maximum absolute atomic E-state index is 6.36. The fraction of sp³-hybridized carbons (Fsp3) is 0.192. The smallest absolute Gasteiger partial charge is 0.146 e. The molecule has 3 aromatic carbocycles. The minimum Gasteiger partial charge on any atom is -0.494 e. The summed E-state index contributed by atoms with van der Waals surface area (Å²) >= 11 is 19.3. The van der Waals surface area contributed by atoms with E-state index in [-0.39, 0.29) is 17.7 Å². The first-order valence-corrected chi connectivity index (χ1v) is 12.8. The minimum atomic E-state index is 0.125. The number of hydrogen-bond donors (Lipinski definition) is 0. The lowest BCUT2D eigenvalue weighted by Gasteiger charge is -2.13. The quantitative estimate of drug-likeness (QED) is 0.136. The highest BCUT2D eigenvalue weighted by atomic mass is 35.5. The average molecular weight is 553 g/mol.